The number of amides is 1. The molecule has 2 fully saturated rings. The van der Waals surface area contributed by atoms with Crippen molar-refractivity contribution in [1.82, 2.24) is 9.21 Å². The Bertz CT molecular complexity index is 945. The van der Waals surface area contributed by atoms with Crippen molar-refractivity contribution in [3.8, 4) is 0 Å². The SMILES string of the molecule is CCN(CC)S(=O)(=O)c1ccc(N2CCCC2)c(C(=O)OCC(=O)N2CC(C)CC(C)C2)c1. The Hall–Kier alpha value is -2.13. The maximum absolute atomic E-state index is 13.1. The highest BCUT2D eigenvalue weighted by Crippen LogP contribution is 2.29. The summed E-state index contributed by atoms with van der Waals surface area (Å²) in [7, 11) is -3.73. The molecule has 0 bridgehead atoms. The fraction of sp³-hybridized carbons (Fsp3) is 0.667. The van der Waals surface area contributed by atoms with Crippen molar-refractivity contribution >= 4 is 27.6 Å². The zero-order valence-corrected chi connectivity index (χ0v) is 21.1. The fourth-order valence-electron chi connectivity index (χ4n) is 4.95. The number of esters is 1. The van der Waals surface area contributed by atoms with Gasteiger partial charge in [0.15, 0.2) is 6.61 Å². The lowest BCUT2D eigenvalue weighted by molar-refractivity contribution is -0.137. The van der Waals surface area contributed by atoms with Crippen molar-refractivity contribution in [2.75, 3.05) is 50.8 Å². The molecule has 2 aliphatic heterocycles. The average Bonchev–Trinajstić information content (AvgIpc) is 3.31. The van der Waals surface area contributed by atoms with E-state index in [9.17, 15) is 18.0 Å². The monoisotopic (exact) mass is 479 g/mol. The standard InChI is InChI=1S/C24H37N3O5S/c1-5-27(6-2)33(30,31)20-9-10-22(25-11-7-8-12-25)21(14-20)24(29)32-17-23(28)26-15-18(3)13-19(4)16-26/h9-10,14,18-19H,5-8,11-13,15-17H2,1-4H3. The highest BCUT2D eigenvalue weighted by atomic mass is 32.2. The number of hydrogen-bond donors (Lipinski definition) is 0. The summed E-state index contributed by atoms with van der Waals surface area (Å²) in [5, 5.41) is 0. The minimum Gasteiger partial charge on any atom is -0.452 e. The maximum Gasteiger partial charge on any atom is 0.340 e. The Morgan fingerprint density at radius 1 is 1.06 bits per heavy atom. The molecule has 3 rings (SSSR count). The second-order valence-electron chi connectivity index (χ2n) is 9.28. The van der Waals surface area contributed by atoms with Crippen molar-refractivity contribution < 1.29 is 22.7 Å². The summed E-state index contributed by atoms with van der Waals surface area (Å²) in [6.45, 7) is 11.1. The molecule has 2 heterocycles. The van der Waals surface area contributed by atoms with Crippen LogP contribution in [0.5, 0.6) is 0 Å². The van der Waals surface area contributed by atoms with Crippen molar-refractivity contribution in [2.45, 2.75) is 51.9 Å². The second-order valence-corrected chi connectivity index (χ2v) is 11.2. The predicted octanol–water partition coefficient (Wildman–Crippen LogP) is 2.98. The van der Waals surface area contributed by atoms with E-state index in [2.05, 4.69) is 18.7 Å². The molecule has 0 saturated carbocycles. The molecule has 0 N–H and O–H groups in total. The van der Waals surface area contributed by atoms with Gasteiger partial charge in [-0.1, -0.05) is 27.7 Å². The molecular weight excluding hydrogens is 442 g/mol. The molecule has 1 aromatic carbocycles. The van der Waals surface area contributed by atoms with Gasteiger partial charge in [-0.15, -0.1) is 0 Å². The number of piperidine rings is 1. The molecule has 0 spiro atoms. The average molecular weight is 480 g/mol. The molecule has 0 aromatic heterocycles. The minimum absolute atomic E-state index is 0.0612. The summed E-state index contributed by atoms with van der Waals surface area (Å²) < 4.78 is 32.9. The minimum atomic E-state index is -3.73. The third-order valence-electron chi connectivity index (χ3n) is 6.53. The lowest BCUT2D eigenvalue weighted by atomic mass is 9.92. The van der Waals surface area contributed by atoms with Crippen molar-refractivity contribution in [3.05, 3.63) is 23.8 Å². The van der Waals surface area contributed by atoms with Gasteiger partial charge in [0.1, 0.15) is 0 Å². The van der Waals surface area contributed by atoms with Crippen LogP contribution in [0.4, 0.5) is 5.69 Å². The normalized spacial score (nSPS) is 21.5. The Labute approximate surface area is 197 Å². The summed E-state index contributed by atoms with van der Waals surface area (Å²) in [5.41, 5.74) is 0.849. The number of ether oxygens (including phenoxy) is 1. The first-order valence-electron chi connectivity index (χ1n) is 12.0. The van der Waals surface area contributed by atoms with Crippen LogP contribution in [-0.2, 0) is 19.6 Å². The van der Waals surface area contributed by atoms with Crippen LogP contribution in [0.25, 0.3) is 0 Å². The first-order valence-corrected chi connectivity index (χ1v) is 13.4. The molecule has 2 unspecified atom stereocenters. The lowest BCUT2D eigenvalue weighted by Crippen LogP contribution is -2.44. The number of sulfonamides is 1. The number of hydrogen-bond acceptors (Lipinski definition) is 6. The molecule has 0 aliphatic carbocycles. The summed E-state index contributed by atoms with van der Waals surface area (Å²) in [5.74, 6) is -0.0504. The first-order chi connectivity index (χ1) is 15.7. The van der Waals surface area contributed by atoms with Gasteiger partial charge in [0, 0.05) is 39.3 Å². The van der Waals surface area contributed by atoms with Gasteiger partial charge >= 0.3 is 5.97 Å². The van der Waals surface area contributed by atoms with Gasteiger partial charge in [-0.3, -0.25) is 4.79 Å². The number of rotatable bonds is 8. The molecule has 0 radical (unpaired) electrons. The van der Waals surface area contributed by atoms with E-state index in [4.69, 9.17) is 4.74 Å². The van der Waals surface area contributed by atoms with Crippen LogP contribution in [0.3, 0.4) is 0 Å². The number of benzene rings is 1. The highest BCUT2D eigenvalue weighted by molar-refractivity contribution is 7.89. The van der Waals surface area contributed by atoms with Crippen LogP contribution in [0.2, 0.25) is 0 Å². The van der Waals surface area contributed by atoms with Crippen molar-refractivity contribution in [1.29, 1.82) is 0 Å². The van der Waals surface area contributed by atoms with Gasteiger partial charge in [-0.2, -0.15) is 4.31 Å². The van der Waals surface area contributed by atoms with E-state index in [1.165, 1.54) is 10.4 Å². The maximum atomic E-state index is 13.1. The smallest absolute Gasteiger partial charge is 0.340 e. The Kier molecular flexibility index (Phi) is 8.39. The predicted molar refractivity (Wildman–Crippen MR) is 128 cm³/mol. The summed E-state index contributed by atoms with van der Waals surface area (Å²) in [6.07, 6.45) is 3.10. The molecule has 8 nitrogen and oxygen atoms in total. The van der Waals surface area contributed by atoms with E-state index in [0.717, 1.165) is 32.4 Å². The zero-order chi connectivity index (χ0) is 24.2. The molecule has 33 heavy (non-hydrogen) atoms. The molecule has 2 aliphatic rings. The molecule has 1 amide bonds. The number of likely N-dealkylation sites (tertiary alicyclic amines) is 1. The quantitative estimate of drug-likeness (QED) is 0.533. The van der Waals surface area contributed by atoms with E-state index in [0.29, 0.717) is 43.7 Å². The third-order valence-corrected chi connectivity index (χ3v) is 8.57. The van der Waals surface area contributed by atoms with Crippen LogP contribution in [0, 0.1) is 11.8 Å². The van der Waals surface area contributed by atoms with Gasteiger partial charge in [0.25, 0.3) is 5.91 Å². The van der Waals surface area contributed by atoms with Crippen LogP contribution in [0.15, 0.2) is 23.1 Å². The van der Waals surface area contributed by atoms with Gasteiger partial charge in [0.2, 0.25) is 10.0 Å². The van der Waals surface area contributed by atoms with Gasteiger partial charge in [-0.25, -0.2) is 13.2 Å². The Morgan fingerprint density at radius 2 is 1.67 bits per heavy atom. The van der Waals surface area contributed by atoms with Gasteiger partial charge in [-0.05, 0) is 49.3 Å². The molecule has 2 atom stereocenters. The summed E-state index contributed by atoms with van der Waals surface area (Å²) in [6, 6.07) is 4.65. The van der Waals surface area contributed by atoms with Crippen LogP contribution >= 0.6 is 0 Å². The summed E-state index contributed by atoms with van der Waals surface area (Å²) in [4.78, 5) is 29.7. The Balaban J connectivity index is 1.82. The first kappa shape index (κ1) is 25.5. The van der Waals surface area contributed by atoms with Crippen LogP contribution in [-0.4, -0.2) is 75.4 Å². The van der Waals surface area contributed by atoms with Crippen molar-refractivity contribution in [3.63, 3.8) is 0 Å². The largest absolute Gasteiger partial charge is 0.452 e. The van der Waals surface area contributed by atoms with Crippen molar-refractivity contribution in [2.24, 2.45) is 11.8 Å². The van der Waals surface area contributed by atoms with E-state index in [1.54, 1.807) is 30.9 Å². The number of carbonyl (C=O) groups excluding carboxylic acids is 2. The molecule has 184 valence electrons. The number of carbonyl (C=O) groups is 2. The Morgan fingerprint density at radius 3 is 2.24 bits per heavy atom. The van der Waals surface area contributed by atoms with Crippen LogP contribution < -0.4 is 4.90 Å². The van der Waals surface area contributed by atoms with Crippen LogP contribution in [0.1, 0.15) is 57.3 Å². The zero-order valence-electron chi connectivity index (χ0n) is 20.2. The second kappa shape index (κ2) is 10.9. The van der Waals surface area contributed by atoms with Gasteiger partial charge in [0.05, 0.1) is 16.1 Å². The number of nitrogens with zero attached hydrogens (tertiary/aromatic N) is 3. The molecule has 2 saturated heterocycles. The topological polar surface area (TPSA) is 87.2 Å². The summed E-state index contributed by atoms with van der Waals surface area (Å²) >= 11 is 0. The molecule has 9 heteroatoms. The lowest BCUT2D eigenvalue weighted by Gasteiger charge is -2.34. The van der Waals surface area contributed by atoms with E-state index >= 15 is 0 Å². The van der Waals surface area contributed by atoms with E-state index in [1.807, 2.05) is 0 Å². The van der Waals surface area contributed by atoms with E-state index < -0.39 is 16.0 Å². The van der Waals surface area contributed by atoms with Gasteiger partial charge < -0.3 is 14.5 Å². The molecule has 1 aromatic rings. The molecular formula is C24H37N3O5S. The highest BCUT2D eigenvalue weighted by Gasteiger charge is 2.29. The third kappa shape index (κ3) is 5.87. The fourth-order valence-corrected chi connectivity index (χ4v) is 6.43. The van der Waals surface area contributed by atoms with E-state index in [-0.39, 0.29) is 23.0 Å². The number of anilines is 1.